The lowest BCUT2D eigenvalue weighted by molar-refractivity contribution is -0.188. The Morgan fingerprint density at radius 2 is 2.07 bits per heavy atom. The van der Waals surface area contributed by atoms with Crippen LogP contribution in [-0.2, 0) is 18.9 Å². The largest absolute Gasteiger partial charge is 0.379 e. The molecule has 0 spiro atoms. The van der Waals surface area contributed by atoms with Gasteiger partial charge in [-0.25, -0.2) is 0 Å². The van der Waals surface area contributed by atoms with Crippen molar-refractivity contribution in [2.75, 3.05) is 33.0 Å². The Kier molecular flexibility index (Phi) is 6.92. The van der Waals surface area contributed by atoms with Crippen molar-refractivity contribution in [3.63, 3.8) is 0 Å². The van der Waals surface area contributed by atoms with Gasteiger partial charge in [-0.3, -0.25) is 0 Å². The van der Waals surface area contributed by atoms with Crippen LogP contribution in [0.5, 0.6) is 0 Å². The highest BCUT2D eigenvalue weighted by atomic mass is 16.7. The predicted octanol–water partition coefficient (Wildman–Crippen LogP) is 1.58. The maximum atomic E-state index is 5.56. The molecule has 0 aromatic carbocycles. The summed E-state index contributed by atoms with van der Waals surface area (Å²) in [6.07, 6.45) is 1.88. The summed E-state index contributed by atoms with van der Waals surface area (Å²) in [5.41, 5.74) is 0. The highest BCUT2D eigenvalue weighted by Crippen LogP contribution is 2.08. The third-order valence-electron chi connectivity index (χ3n) is 2.21. The van der Waals surface area contributed by atoms with E-state index < -0.39 is 0 Å². The number of hydrogen-bond donors (Lipinski definition) is 0. The fraction of sp³-hybridized carbons (Fsp3) is 1.00. The standard InChI is InChI=1S/C11H22O4/c1-3-12-9-10(2)13-8-5-11-14-6-4-7-15-11/h10-11H,3-9H2,1-2H3. The Bertz CT molecular complexity index is 146. The zero-order valence-electron chi connectivity index (χ0n) is 9.74. The van der Waals surface area contributed by atoms with E-state index in [9.17, 15) is 0 Å². The van der Waals surface area contributed by atoms with E-state index in [4.69, 9.17) is 18.9 Å². The van der Waals surface area contributed by atoms with Crippen LogP contribution >= 0.6 is 0 Å². The minimum Gasteiger partial charge on any atom is -0.379 e. The molecule has 4 nitrogen and oxygen atoms in total. The Labute approximate surface area is 91.8 Å². The maximum Gasteiger partial charge on any atom is 0.159 e. The van der Waals surface area contributed by atoms with Crippen LogP contribution in [0.25, 0.3) is 0 Å². The third kappa shape index (κ3) is 6.10. The molecular weight excluding hydrogens is 196 g/mol. The summed E-state index contributed by atoms with van der Waals surface area (Å²) in [7, 11) is 0. The van der Waals surface area contributed by atoms with Crippen LogP contribution in [0, 0.1) is 0 Å². The van der Waals surface area contributed by atoms with Gasteiger partial charge in [0.1, 0.15) is 0 Å². The first kappa shape index (κ1) is 12.9. The molecule has 1 rings (SSSR count). The van der Waals surface area contributed by atoms with Crippen LogP contribution in [0.4, 0.5) is 0 Å². The van der Waals surface area contributed by atoms with Gasteiger partial charge in [0.15, 0.2) is 6.29 Å². The Morgan fingerprint density at radius 3 is 2.73 bits per heavy atom. The fourth-order valence-corrected chi connectivity index (χ4v) is 1.40. The van der Waals surface area contributed by atoms with E-state index >= 15 is 0 Å². The zero-order chi connectivity index (χ0) is 10.9. The molecular formula is C11H22O4. The summed E-state index contributed by atoms with van der Waals surface area (Å²) < 4.78 is 21.6. The molecule has 0 saturated carbocycles. The molecule has 15 heavy (non-hydrogen) atoms. The van der Waals surface area contributed by atoms with Crippen LogP contribution in [0.3, 0.4) is 0 Å². The second kappa shape index (κ2) is 8.05. The average Bonchev–Trinajstić information content (AvgIpc) is 2.28. The van der Waals surface area contributed by atoms with E-state index in [0.717, 1.165) is 32.7 Å². The Balaban J connectivity index is 1.94. The smallest absolute Gasteiger partial charge is 0.159 e. The topological polar surface area (TPSA) is 36.9 Å². The number of ether oxygens (including phenoxy) is 4. The van der Waals surface area contributed by atoms with Gasteiger partial charge in [0.05, 0.1) is 32.5 Å². The molecule has 0 aromatic heterocycles. The van der Waals surface area contributed by atoms with Gasteiger partial charge in [-0.2, -0.15) is 0 Å². The second-order valence-corrected chi connectivity index (χ2v) is 3.65. The highest BCUT2D eigenvalue weighted by molar-refractivity contribution is 4.53. The van der Waals surface area contributed by atoms with Gasteiger partial charge in [-0.1, -0.05) is 0 Å². The summed E-state index contributed by atoms with van der Waals surface area (Å²) >= 11 is 0. The van der Waals surface area contributed by atoms with Crippen LogP contribution in [0.2, 0.25) is 0 Å². The lowest BCUT2D eigenvalue weighted by Crippen LogP contribution is -2.27. The summed E-state index contributed by atoms with van der Waals surface area (Å²) in [6.45, 7) is 7.66. The lowest BCUT2D eigenvalue weighted by Gasteiger charge is -2.23. The van der Waals surface area contributed by atoms with Gasteiger partial charge in [0.25, 0.3) is 0 Å². The first-order valence-electron chi connectivity index (χ1n) is 5.75. The second-order valence-electron chi connectivity index (χ2n) is 3.65. The molecule has 0 amide bonds. The zero-order valence-corrected chi connectivity index (χ0v) is 9.74. The summed E-state index contributed by atoms with van der Waals surface area (Å²) in [4.78, 5) is 0. The van der Waals surface area contributed by atoms with Crippen LogP contribution < -0.4 is 0 Å². The number of rotatable bonds is 7. The van der Waals surface area contributed by atoms with Crippen molar-refractivity contribution in [2.45, 2.75) is 39.1 Å². The molecule has 1 unspecified atom stereocenters. The average molecular weight is 218 g/mol. The van der Waals surface area contributed by atoms with Gasteiger partial charge in [-0.15, -0.1) is 0 Å². The Hall–Kier alpha value is -0.160. The quantitative estimate of drug-likeness (QED) is 0.650. The molecule has 1 saturated heterocycles. The molecule has 1 heterocycles. The van der Waals surface area contributed by atoms with Crippen molar-refractivity contribution < 1.29 is 18.9 Å². The summed E-state index contributed by atoms with van der Waals surface area (Å²) in [5, 5.41) is 0. The van der Waals surface area contributed by atoms with Crippen LogP contribution in [0.1, 0.15) is 26.7 Å². The fourth-order valence-electron chi connectivity index (χ4n) is 1.40. The lowest BCUT2D eigenvalue weighted by atomic mass is 10.3. The first-order valence-corrected chi connectivity index (χ1v) is 5.75. The van der Waals surface area contributed by atoms with E-state index in [2.05, 4.69) is 0 Å². The van der Waals surface area contributed by atoms with Crippen molar-refractivity contribution >= 4 is 0 Å². The normalized spacial score (nSPS) is 20.4. The Morgan fingerprint density at radius 1 is 1.33 bits per heavy atom. The molecule has 1 fully saturated rings. The molecule has 90 valence electrons. The first-order chi connectivity index (χ1) is 7.33. The van der Waals surface area contributed by atoms with Crippen molar-refractivity contribution in [3.05, 3.63) is 0 Å². The van der Waals surface area contributed by atoms with E-state index in [-0.39, 0.29) is 12.4 Å². The van der Waals surface area contributed by atoms with Crippen LogP contribution in [-0.4, -0.2) is 45.4 Å². The molecule has 4 heteroatoms. The van der Waals surface area contributed by atoms with Crippen molar-refractivity contribution in [1.29, 1.82) is 0 Å². The van der Waals surface area contributed by atoms with Gasteiger partial charge < -0.3 is 18.9 Å². The van der Waals surface area contributed by atoms with E-state index in [1.165, 1.54) is 0 Å². The molecule has 0 bridgehead atoms. The minimum absolute atomic E-state index is 0.0713. The minimum atomic E-state index is -0.0713. The molecule has 1 aliphatic rings. The van der Waals surface area contributed by atoms with Gasteiger partial charge >= 0.3 is 0 Å². The molecule has 0 N–H and O–H groups in total. The van der Waals surface area contributed by atoms with Crippen LogP contribution in [0.15, 0.2) is 0 Å². The molecule has 0 aliphatic carbocycles. The SMILES string of the molecule is CCOCC(C)OCCC1OCCCO1. The van der Waals surface area contributed by atoms with E-state index in [1.54, 1.807) is 0 Å². The summed E-state index contributed by atoms with van der Waals surface area (Å²) in [6, 6.07) is 0. The maximum absolute atomic E-state index is 5.56. The van der Waals surface area contributed by atoms with Gasteiger partial charge in [0, 0.05) is 13.0 Å². The third-order valence-corrected chi connectivity index (χ3v) is 2.21. The molecule has 1 atom stereocenters. The number of hydrogen-bond acceptors (Lipinski definition) is 4. The van der Waals surface area contributed by atoms with E-state index in [0.29, 0.717) is 13.2 Å². The monoisotopic (exact) mass is 218 g/mol. The van der Waals surface area contributed by atoms with Crippen molar-refractivity contribution in [1.82, 2.24) is 0 Å². The molecule has 0 radical (unpaired) electrons. The van der Waals surface area contributed by atoms with Gasteiger partial charge in [0.2, 0.25) is 0 Å². The molecule has 0 aromatic rings. The van der Waals surface area contributed by atoms with E-state index in [1.807, 2.05) is 13.8 Å². The van der Waals surface area contributed by atoms with Crippen molar-refractivity contribution in [3.8, 4) is 0 Å². The van der Waals surface area contributed by atoms with Gasteiger partial charge in [-0.05, 0) is 20.3 Å². The predicted molar refractivity (Wildman–Crippen MR) is 56.8 cm³/mol. The highest BCUT2D eigenvalue weighted by Gasteiger charge is 2.14. The van der Waals surface area contributed by atoms with Crippen molar-refractivity contribution in [2.24, 2.45) is 0 Å². The summed E-state index contributed by atoms with van der Waals surface area (Å²) in [5.74, 6) is 0. The molecule has 1 aliphatic heterocycles.